The maximum absolute atomic E-state index is 9.44. The van der Waals surface area contributed by atoms with Crippen LogP contribution in [0.4, 0.5) is 5.82 Å². The van der Waals surface area contributed by atoms with Crippen molar-refractivity contribution in [2.24, 2.45) is 0 Å². The van der Waals surface area contributed by atoms with Gasteiger partial charge in [-0.25, -0.2) is 15.0 Å². The van der Waals surface area contributed by atoms with Crippen molar-refractivity contribution in [1.29, 1.82) is 0 Å². The molecule has 0 aliphatic heterocycles. The van der Waals surface area contributed by atoms with E-state index in [1.165, 1.54) is 6.33 Å². The van der Waals surface area contributed by atoms with Gasteiger partial charge in [-0.3, -0.25) is 0 Å². The minimum Gasteiger partial charge on any atom is -0.507 e. The molecule has 0 spiro atoms. The highest BCUT2D eigenvalue weighted by Crippen LogP contribution is 2.24. The summed E-state index contributed by atoms with van der Waals surface area (Å²) in [5, 5.41) is 12.7. The van der Waals surface area contributed by atoms with Gasteiger partial charge >= 0.3 is 0 Å². The molecule has 2 heterocycles. The molecule has 19 heavy (non-hydrogen) atoms. The smallest absolute Gasteiger partial charge is 0.182 e. The van der Waals surface area contributed by atoms with Crippen molar-refractivity contribution in [3.63, 3.8) is 0 Å². The molecule has 0 fully saturated rings. The van der Waals surface area contributed by atoms with Crippen LogP contribution in [0.3, 0.4) is 0 Å². The molecule has 0 saturated carbocycles. The number of H-pyrrole nitrogens is 1. The molecule has 0 amide bonds. The van der Waals surface area contributed by atoms with Crippen LogP contribution >= 0.6 is 15.9 Å². The maximum Gasteiger partial charge on any atom is 0.182 e. The number of aromatic amines is 1. The van der Waals surface area contributed by atoms with Crippen molar-refractivity contribution in [3.8, 4) is 5.75 Å². The minimum absolute atomic E-state index is 0.224. The summed E-state index contributed by atoms with van der Waals surface area (Å²) >= 11 is 3.29. The standard InChI is InChI=1S/C12H10BrN5O/c13-8-3-7(1-2-9(8)19)4-14-11-10-12(16-5-15-10)18-6-17-11/h1-3,5-6,19H,4H2,(H2,14,15,16,17,18). The van der Waals surface area contributed by atoms with Crippen LogP contribution in [0.5, 0.6) is 5.75 Å². The molecule has 0 radical (unpaired) electrons. The summed E-state index contributed by atoms with van der Waals surface area (Å²) in [6.45, 7) is 0.587. The first-order chi connectivity index (χ1) is 9.24. The Bertz CT molecular complexity index is 727. The van der Waals surface area contributed by atoms with Crippen LogP contribution in [-0.4, -0.2) is 25.0 Å². The number of anilines is 1. The zero-order chi connectivity index (χ0) is 13.2. The molecule has 3 aromatic rings. The Kier molecular flexibility index (Phi) is 3.04. The summed E-state index contributed by atoms with van der Waals surface area (Å²) in [5.74, 6) is 0.924. The number of hydrogen-bond acceptors (Lipinski definition) is 5. The van der Waals surface area contributed by atoms with Crippen LogP contribution in [0.15, 0.2) is 35.3 Å². The lowest BCUT2D eigenvalue weighted by Crippen LogP contribution is -2.02. The number of hydrogen-bond donors (Lipinski definition) is 3. The fourth-order valence-electron chi connectivity index (χ4n) is 1.75. The highest BCUT2D eigenvalue weighted by atomic mass is 79.9. The SMILES string of the molecule is Oc1ccc(CNc2ncnc3nc[nH]c23)cc1Br. The van der Waals surface area contributed by atoms with E-state index in [2.05, 4.69) is 41.2 Å². The van der Waals surface area contributed by atoms with E-state index < -0.39 is 0 Å². The maximum atomic E-state index is 9.44. The number of benzene rings is 1. The predicted octanol–water partition coefficient (Wildman–Crippen LogP) is 2.43. The molecule has 0 aliphatic rings. The first-order valence-corrected chi connectivity index (χ1v) is 6.38. The van der Waals surface area contributed by atoms with Gasteiger partial charge in [0.2, 0.25) is 0 Å². The fourth-order valence-corrected chi connectivity index (χ4v) is 2.17. The summed E-state index contributed by atoms with van der Waals surface area (Å²) in [6.07, 6.45) is 3.06. The second-order valence-electron chi connectivity index (χ2n) is 3.96. The number of phenols is 1. The molecule has 3 N–H and O–H groups in total. The molecule has 1 aromatic carbocycles. The minimum atomic E-state index is 0.224. The van der Waals surface area contributed by atoms with Gasteiger partial charge in [-0.05, 0) is 33.6 Å². The molecule has 0 unspecified atom stereocenters. The van der Waals surface area contributed by atoms with Crippen LogP contribution in [-0.2, 0) is 6.54 Å². The quantitative estimate of drug-likeness (QED) is 0.690. The third kappa shape index (κ3) is 2.37. The molecular formula is C12H10BrN5O. The Labute approximate surface area is 117 Å². The summed E-state index contributed by atoms with van der Waals surface area (Å²) in [4.78, 5) is 15.3. The zero-order valence-electron chi connectivity index (χ0n) is 9.76. The first-order valence-electron chi connectivity index (χ1n) is 5.59. The van der Waals surface area contributed by atoms with Crippen LogP contribution < -0.4 is 5.32 Å². The van der Waals surface area contributed by atoms with Crippen LogP contribution in [0, 0.1) is 0 Å². The fraction of sp³-hybridized carbons (Fsp3) is 0.0833. The Morgan fingerprint density at radius 2 is 2.16 bits per heavy atom. The summed E-state index contributed by atoms with van der Waals surface area (Å²) in [7, 11) is 0. The van der Waals surface area contributed by atoms with Crippen molar-refractivity contribution in [2.45, 2.75) is 6.54 Å². The van der Waals surface area contributed by atoms with Gasteiger partial charge in [0.05, 0.1) is 10.8 Å². The second-order valence-corrected chi connectivity index (χ2v) is 4.82. The van der Waals surface area contributed by atoms with Crippen molar-refractivity contribution < 1.29 is 5.11 Å². The number of aromatic hydroxyl groups is 1. The van der Waals surface area contributed by atoms with E-state index >= 15 is 0 Å². The normalized spacial score (nSPS) is 10.8. The molecule has 6 nitrogen and oxygen atoms in total. The van der Waals surface area contributed by atoms with E-state index in [0.29, 0.717) is 22.5 Å². The highest BCUT2D eigenvalue weighted by molar-refractivity contribution is 9.10. The number of rotatable bonds is 3. The lowest BCUT2D eigenvalue weighted by atomic mass is 10.2. The van der Waals surface area contributed by atoms with Crippen LogP contribution in [0.25, 0.3) is 11.2 Å². The van der Waals surface area contributed by atoms with Crippen LogP contribution in [0.2, 0.25) is 0 Å². The lowest BCUT2D eigenvalue weighted by Gasteiger charge is -2.07. The van der Waals surface area contributed by atoms with E-state index in [9.17, 15) is 5.11 Å². The van der Waals surface area contributed by atoms with Crippen molar-refractivity contribution in [1.82, 2.24) is 19.9 Å². The summed E-state index contributed by atoms with van der Waals surface area (Å²) in [5.41, 5.74) is 2.43. The number of aromatic nitrogens is 4. The average molecular weight is 320 g/mol. The molecule has 0 saturated heterocycles. The second kappa shape index (κ2) is 4.85. The summed E-state index contributed by atoms with van der Waals surface area (Å²) in [6, 6.07) is 5.35. The van der Waals surface area contributed by atoms with Crippen molar-refractivity contribution in [3.05, 3.63) is 40.9 Å². The van der Waals surface area contributed by atoms with Gasteiger partial charge in [0.1, 0.15) is 17.6 Å². The Balaban J connectivity index is 1.82. The third-order valence-corrected chi connectivity index (χ3v) is 3.33. The largest absolute Gasteiger partial charge is 0.507 e. The highest BCUT2D eigenvalue weighted by Gasteiger charge is 2.05. The van der Waals surface area contributed by atoms with E-state index in [1.54, 1.807) is 12.4 Å². The molecule has 2 aromatic heterocycles. The van der Waals surface area contributed by atoms with E-state index in [1.807, 2.05) is 12.1 Å². The predicted molar refractivity (Wildman–Crippen MR) is 74.8 cm³/mol. The average Bonchev–Trinajstić information content (AvgIpc) is 2.89. The Morgan fingerprint density at radius 1 is 1.26 bits per heavy atom. The molecule has 0 aliphatic carbocycles. The molecule has 3 rings (SSSR count). The van der Waals surface area contributed by atoms with Gasteiger partial charge < -0.3 is 15.4 Å². The number of nitrogens with zero attached hydrogens (tertiary/aromatic N) is 3. The molecule has 7 heteroatoms. The lowest BCUT2D eigenvalue weighted by molar-refractivity contribution is 0.471. The first kappa shape index (κ1) is 11.9. The van der Waals surface area contributed by atoms with Gasteiger partial charge in [0, 0.05) is 6.54 Å². The van der Waals surface area contributed by atoms with Gasteiger partial charge in [-0.1, -0.05) is 6.07 Å². The van der Waals surface area contributed by atoms with E-state index in [-0.39, 0.29) is 5.75 Å². The van der Waals surface area contributed by atoms with Gasteiger partial charge in [0.25, 0.3) is 0 Å². The zero-order valence-corrected chi connectivity index (χ0v) is 11.3. The Hall–Kier alpha value is -2.15. The Morgan fingerprint density at radius 3 is 3.00 bits per heavy atom. The van der Waals surface area contributed by atoms with E-state index in [0.717, 1.165) is 11.1 Å². The number of fused-ring (bicyclic) bond motifs is 1. The van der Waals surface area contributed by atoms with Gasteiger partial charge in [-0.2, -0.15) is 0 Å². The van der Waals surface area contributed by atoms with Crippen molar-refractivity contribution >= 4 is 32.9 Å². The molecular weight excluding hydrogens is 310 g/mol. The number of nitrogens with one attached hydrogen (secondary N) is 2. The molecule has 96 valence electrons. The third-order valence-electron chi connectivity index (χ3n) is 2.70. The van der Waals surface area contributed by atoms with E-state index in [4.69, 9.17) is 0 Å². The number of imidazole rings is 1. The monoisotopic (exact) mass is 319 g/mol. The summed E-state index contributed by atoms with van der Waals surface area (Å²) < 4.78 is 0.668. The molecule has 0 bridgehead atoms. The number of halogens is 1. The molecule has 0 atom stereocenters. The topological polar surface area (TPSA) is 86.7 Å². The van der Waals surface area contributed by atoms with Gasteiger partial charge in [-0.15, -0.1) is 0 Å². The van der Waals surface area contributed by atoms with Crippen molar-refractivity contribution in [2.75, 3.05) is 5.32 Å². The van der Waals surface area contributed by atoms with Crippen LogP contribution in [0.1, 0.15) is 5.56 Å². The number of phenolic OH excluding ortho intramolecular Hbond substituents is 1. The van der Waals surface area contributed by atoms with Gasteiger partial charge in [0.15, 0.2) is 11.5 Å².